The first kappa shape index (κ1) is 19.4. The molecule has 0 aliphatic carbocycles. The van der Waals surface area contributed by atoms with Gasteiger partial charge < -0.3 is 5.73 Å². The minimum Gasteiger partial charge on any atom is -0.330 e. The van der Waals surface area contributed by atoms with Crippen LogP contribution in [0, 0.1) is 0 Å². The summed E-state index contributed by atoms with van der Waals surface area (Å²) in [5.74, 6) is 0. The fraction of sp³-hybridized carbons (Fsp3) is 0.400. The molecule has 110 valence electrons. The quantitative estimate of drug-likeness (QED) is 0.705. The van der Waals surface area contributed by atoms with Crippen molar-refractivity contribution < 1.29 is 8.42 Å². The third kappa shape index (κ3) is 5.75. The number of benzene rings is 1. The van der Waals surface area contributed by atoms with Crippen molar-refractivity contribution in [3.63, 3.8) is 0 Å². The predicted octanol–water partition coefficient (Wildman–Crippen LogP) is 3.19. The minimum absolute atomic E-state index is 0. The molecule has 0 amide bonds. The Morgan fingerprint density at radius 1 is 1.21 bits per heavy atom. The highest BCUT2D eigenvalue weighted by atomic mass is 79.9. The zero-order chi connectivity index (χ0) is 13.8. The molecule has 0 heterocycles. The van der Waals surface area contributed by atoms with Crippen molar-refractivity contribution in [1.29, 1.82) is 0 Å². The lowest BCUT2D eigenvalue weighted by Gasteiger charge is -2.10. The largest absolute Gasteiger partial charge is 0.330 e. The summed E-state index contributed by atoms with van der Waals surface area (Å²) in [6.45, 7) is 0.837. The summed E-state index contributed by atoms with van der Waals surface area (Å²) >= 11 is 15.0. The van der Waals surface area contributed by atoms with E-state index in [0.29, 0.717) is 24.0 Å². The summed E-state index contributed by atoms with van der Waals surface area (Å²) in [6, 6.07) is 2.98. The number of unbranched alkanes of at least 4 members (excludes halogenated alkanes) is 1. The van der Waals surface area contributed by atoms with E-state index in [4.69, 9.17) is 28.9 Å². The molecule has 0 unspecified atom stereocenters. The molecule has 0 saturated carbocycles. The lowest BCUT2D eigenvalue weighted by atomic mass is 10.3. The van der Waals surface area contributed by atoms with Crippen molar-refractivity contribution in [1.82, 2.24) is 4.72 Å². The Bertz CT molecular complexity index is 503. The van der Waals surface area contributed by atoms with Crippen LogP contribution in [0.3, 0.4) is 0 Å². The molecule has 0 aromatic heterocycles. The molecule has 0 spiro atoms. The van der Waals surface area contributed by atoms with Crippen LogP contribution in [0.1, 0.15) is 12.8 Å². The molecule has 0 bridgehead atoms. The molecule has 0 aliphatic heterocycles. The first-order valence-corrected chi connectivity index (χ1v) is 8.26. The Kier molecular flexibility index (Phi) is 8.87. The maximum atomic E-state index is 12.0. The van der Waals surface area contributed by atoms with Gasteiger partial charge >= 0.3 is 0 Å². The van der Waals surface area contributed by atoms with Crippen LogP contribution in [-0.4, -0.2) is 21.5 Å². The van der Waals surface area contributed by atoms with Crippen LogP contribution in [0.15, 0.2) is 21.5 Å². The summed E-state index contributed by atoms with van der Waals surface area (Å²) in [5.41, 5.74) is 5.33. The molecule has 1 rings (SSSR count). The second-order valence-corrected chi connectivity index (χ2v) is 7.03. The molecule has 19 heavy (non-hydrogen) atoms. The molecule has 0 aliphatic rings. The van der Waals surface area contributed by atoms with Crippen LogP contribution in [0.5, 0.6) is 0 Å². The van der Waals surface area contributed by atoms with Crippen molar-refractivity contribution in [2.45, 2.75) is 17.7 Å². The van der Waals surface area contributed by atoms with E-state index in [1.54, 1.807) is 0 Å². The molecule has 0 atom stereocenters. The normalized spacial score (nSPS) is 11.2. The summed E-state index contributed by atoms with van der Waals surface area (Å²) in [5, 5.41) is 0.168. The van der Waals surface area contributed by atoms with Gasteiger partial charge in [0.05, 0.1) is 10.0 Å². The van der Waals surface area contributed by atoms with E-state index >= 15 is 0 Å². The Morgan fingerprint density at radius 2 is 1.74 bits per heavy atom. The summed E-state index contributed by atoms with van der Waals surface area (Å²) in [4.78, 5) is -0.0956. The van der Waals surface area contributed by atoms with Crippen LogP contribution in [0.2, 0.25) is 10.0 Å². The van der Waals surface area contributed by atoms with E-state index in [0.717, 1.165) is 6.42 Å². The number of nitrogens with two attached hydrogens (primary N) is 1. The monoisotopic (exact) mass is 410 g/mol. The zero-order valence-electron chi connectivity index (χ0n) is 9.83. The van der Waals surface area contributed by atoms with E-state index < -0.39 is 10.0 Å². The van der Waals surface area contributed by atoms with Gasteiger partial charge in [0.1, 0.15) is 4.90 Å². The average Bonchev–Trinajstić information content (AvgIpc) is 2.22. The molecular weight excluding hydrogens is 398 g/mol. The van der Waals surface area contributed by atoms with Crippen LogP contribution in [-0.2, 0) is 10.0 Å². The van der Waals surface area contributed by atoms with E-state index in [2.05, 4.69) is 20.7 Å². The highest BCUT2D eigenvalue weighted by molar-refractivity contribution is 9.10. The van der Waals surface area contributed by atoms with Crippen LogP contribution in [0.4, 0.5) is 0 Å². The zero-order valence-corrected chi connectivity index (χ0v) is 14.6. The van der Waals surface area contributed by atoms with Gasteiger partial charge in [-0.05, 0) is 31.5 Å². The van der Waals surface area contributed by atoms with Gasteiger partial charge in [-0.25, -0.2) is 13.1 Å². The SMILES string of the molecule is Cl.NCCCCNS(=O)(=O)c1c(Cl)cc(Br)cc1Cl. The molecule has 3 N–H and O–H groups in total. The first-order chi connectivity index (χ1) is 8.38. The molecular formula is C10H14BrCl3N2O2S. The molecule has 0 radical (unpaired) electrons. The van der Waals surface area contributed by atoms with E-state index in [-0.39, 0.29) is 27.3 Å². The van der Waals surface area contributed by atoms with Crippen LogP contribution < -0.4 is 10.5 Å². The van der Waals surface area contributed by atoms with Gasteiger partial charge in [0.15, 0.2) is 0 Å². The number of sulfonamides is 1. The number of nitrogens with one attached hydrogen (secondary N) is 1. The summed E-state index contributed by atoms with van der Waals surface area (Å²) in [6.07, 6.45) is 1.42. The van der Waals surface area contributed by atoms with Crippen molar-refractivity contribution in [2.75, 3.05) is 13.1 Å². The lowest BCUT2D eigenvalue weighted by molar-refractivity contribution is 0.577. The highest BCUT2D eigenvalue weighted by Gasteiger charge is 2.21. The number of hydrogen-bond acceptors (Lipinski definition) is 3. The summed E-state index contributed by atoms with van der Waals surface area (Å²) in [7, 11) is -3.69. The van der Waals surface area contributed by atoms with Crippen molar-refractivity contribution in [2.24, 2.45) is 5.73 Å². The van der Waals surface area contributed by atoms with Gasteiger partial charge in [-0.15, -0.1) is 12.4 Å². The Balaban J connectivity index is 0.00000324. The van der Waals surface area contributed by atoms with Gasteiger partial charge in [0.25, 0.3) is 0 Å². The third-order valence-electron chi connectivity index (χ3n) is 2.15. The maximum absolute atomic E-state index is 12.0. The Morgan fingerprint density at radius 3 is 2.21 bits per heavy atom. The first-order valence-electron chi connectivity index (χ1n) is 5.23. The molecule has 1 aromatic carbocycles. The van der Waals surface area contributed by atoms with Gasteiger partial charge in [0.2, 0.25) is 10.0 Å². The summed E-state index contributed by atoms with van der Waals surface area (Å²) < 4.78 is 27.1. The van der Waals surface area contributed by atoms with Gasteiger partial charge in [-0.3, -0.25) is 0 Å². The van der Waals surface area contributed by atoms with E-state index in [1.165, 1.54) is 12.1 Å². The molecule has 9 heteroatoms. The van der Waals surface area contributed by atoms with Crippen molar-refractivity contribution in [3.8, 4) is 0 Å². The fourth-order valence-electron chi connectivity index (χ4n) is 1.33. The third-order valence-corrected chi connectivity index (χ3v) is 4.99. The number of hydrogen-bond donors (Lipinski definition) is 2. The fourth-order valence-corrected chi connectivity index (χ4v) is 4.34. The Hall–Kier alpha value is 0.440. The van der Waals surface area contributed by atoms with Gasteiger partial charge in [-0.1, -0.05) is 39.1 Å². The van der Waals surface area contributed by atoms with Crippen LogP contribution >= 0.6 is 51.5 Å². The van der Waals surface area contributed by atoms with E-state index in [9.17, 15) is 8.42 Å². The van der Waals surface area contributed by atoms with Crippen molar-refractivity contribution in [3.05, 3.63) is 26.7 Å². The van der Waals surface area contributed by atoms with Crippen LogP contribution in [0.25, 0.3) is 0 Å². The predicted molar refractivity (Wildman–Crippen MR) is 84.9 cm³/mol. The maximum Gasteiger partial charge on any atom is 0.243 e. The highest BCUT2D eigenvalue weighted by Crippen LogP contribution is 2.32. The number of rotatable bonds is 6. The van der Waals surface area contributed by atoms with Gasteiger partial charge in [0, 0.05) is 11.0 Å². The Labute approximate surface area is 137 Å². The molecule has 0 saturated heterocycles. The molecule has 1 aromatic rings. The van der Waals surface area contributed by atoms with E-state index in [1.807, 2.05) is 0 Å². The van der Waals surface area contributed by atoms with Gasteiger partial charge in [-0.2, -0.15) is 0 Å². The topological polar surface area (TPSA) is 72.2 Å². The second-order valence-electron chi connectivity index (χ2n) is 3.59. The lowest BCUT2D eigenvalue weighted by Crippen LogP contribution is -2.25. The second kappa shape index (κ2) is 8.67. The number of halogens is 4. The smallest absolute Gasteiger partial charge is 0.243 e. The van der Waals surface area contributed by atoms with Crippen molar-refractivity contribution >= 4 is 61.6 Å². The minimum atomic E-state index is -3.69. The standard InChI is InChI=1S/C10H13BrCl2N2O2S.ClH/c11-7-5-8(12)10(9(13)6-7)18(16,17)15-4-2-1-3-14;/h5-6,15H,1-4,14H2;1H. The molecule has 4 nitrogen and oxygen atoms in total. The average molecular weight is 413 g/mol. The molecule has 0 fully saturated rings.